The van der Waals surface area contributed by atoms with E-state index in [1.54, 1.807) is 0 Å². The maximum absolute atomic E-state index is 11.8. The molecule has 1 aromatic heterocycles. The van der Waals surface area contributed by atoms with Gasteiger partial charge in [-0.1, -0.05) is 25.4 Å². The highest BCUT2D eigenvalue weighted by molar-refractivity contribution is 6.29. The molecule has 0 saturated carbocycles. The second-order valence-electron chi connectivity index (χ2n) is 1.72. The van der Waals surface area contributed by atoms with Gasteiger partial charge in [0.25, 0.3) is 0 Å². The van der Waals surface area contributed by atoms with Crippen molar-refractivity contribution in [1.29, 1.82) is 0 Å². The molecular weight excluding hydrogens is 205 g/mol. The molecule has 0 radical (unpaired) electrons. The molecule has 0 fully saturated rings. The molecule has 1 heterocycles. The summed E-state index contributed by atoms with van der Waals surface area (Å²) in [7, 11) is 0. The Labute approximate surface area is 78.8 Å². The Morgan fingerprint density at radius 1 is 1.15 bits per heavy atom. The highest BCUT2D eigenvalue weighted by atomic mass is 35.5. The predicted molar refractivity (Wildman–Crippen MR) is 43.4 cm³/mol. The van der Waals surface area contributed by atoms with Gasteiger partial charge in [0.05, 0.1) is 12.4 Å². The largest absolute Gasteiger partial charge is 0.434 e. The first-order valence-corrected chi connectivity index (χ1v) is 3.92. The molecule has 2 nitrogen and oxygen atoms in total. The Morgan fingerprint density at radius 3 is 2.00 bits per heavy atom. The lowest BCUT2D eigenvalue weighted by atomic mass is 10.4. The van der Waals surface area contributed by atoms with Crippen LogP contribution in [0.3, 0.4) is 0 Å². The van der Waals surface area contributed by atoms with Crippen LogP contribution in [0.2, 0.25) is 5.15 Å². The van der Waals surface area contributed by atoms with E-state index in [2.05, 4.69) is 9.97 Å². The van der Waals surface area contributed by atoms with Gasteiger partial charge in [-0.3, -0.25) is 0 Å². The Balaban J connectivity index is 0.000000671. The minimum Gasteiger partial charge on any atom is -0.247 e. The van der Waals surface area contributed by atoms with Gasteiger partial charge in [0.15, 0.2) is 5.69 Å². The molecule has 6 heteroatoms. The molecule has 1 rings (SSSR count). The monoisotopic (exact) mass is 212 g/mol. The topological polar surface area (TPSA) is 25.8 Å². The molecule has 1 aromatic rings. The predicted octanol–water partition coefficient (Wildman–Crippen LogP) is 3.18. The van der Waals surface area contributed by atoms with Crippen LogP contribution in [0.5, 0.6) is 0 Å². The molecule has 0 N–H and O–H groups in total. The van der Waals surface area contributed by atoms with Gasteiger partial charge in [0, 0.05) is 0 Å². The van der Waals surface area contributed by atoms with Gasteiger partial charge in [-0.05, 0) is 0 Å². The summed E-state index contributed by atoms with van der Waals surface area (Å²) < 4.78 is 35.3. The van der Waals surface area contributed by atoms with Crippen molar-refractivity contribution in [2.45, 2.75) is 20.0 Å². The van der Waals surface area contributed by atoms with Crippen LogP contribution < -0.4 is 0 Å². The van der Waals surface area contributed by atoms with E-state index in [1.807, 2.05) is 13.8 Å². The summed E-state index contributed by atoms with van der Waals surface area (Å²) in [5.74, 6) is 0. The van der Waals surface area contributed by atoms with Crippen molar-refractivity contribution in [3.8, 4) is 0 Å². The Morgan fingerprint density at radius 2 is 1.69 bits per heavy atom. The lowest BCUT2D eigenvalue weighted by Gasteiger charge is -2.02. The van der Waals surface area contributed by atoms with Gasteiger partial charge in [-0.15, -0.1) is 0 Å². The normalized spacial score (nSPS) is 10.3. The number of halogens is 4. The molecule has 0 amide bonds. The smallest absolute Gasteiger partial charge is 0.247 e. The third-order valence-electron chi connectivity index (χ3n) is 0.911. The average Bonchev–Trinajstić information content (AvgIpc) is 2.07. The number of nitrogens with zero attached hydrogens (tertiary/aromatic N) is 2. The maximum Gasteiger partial charge on any atom is 0.434 e. The van der Waals surface area contributed by atoms with Gasteiger partial charge in [-0.2, -0.15) is 13.2 Å². The Kier molecular flexibility index (Phi) is 4.69. The van der Waals surface area contributed by atoms with Crippen molar-refractivity contribution >= 4 is 11.6 Å². The summed E-state index contributed by atoms with van der Waals surface area (Å²) in [6.07, 6.45) is -3.01. The van der Waals surface area contributed by atoms with E-state index in [9.17, 15) is 13.2 Å². The molecule has 74 valence electrons. The lowest BCUT2D eigenvalue weighted by molar-refractivity contribution is -0.141. The standard InChI is InChI=1S/C5H2ClF3N2.C2H6/c6-4-2-10-3(1-11-4)5(7,8)9;1-2/h1-2H;1-2H3. The Hall–Kier alpha value is -0.840. The third-order valence-corrected chi connectivity index (χ3v) is 1.11. The average molecular weight is 213 g/mol. The van der Waals surface area contributed by atoms with Crippen LogP contribution in [-0.4, -0.2) is 9.97 Å². The minimum atomic E-state index is -4.45. The van der Waals surface area contributed by atoms with Gasteiger partial charge in [-0.25, -0.2) is 9.97 Å². The summed E-state index contributed by atoms with van der Waals surface area (Å²) in [6, 6.07) is 0. The highest BCUT2D eigenvalue weighted by Crippen LogP contribution is 2.26. The summed E-state index contributed by atoms with van der Waals surface area (Å²) in [4.78, 5) is 6.26. The molecule has 0 bridgehead atoms. The van der Waals surface area contributed by atoms with Crippen LogP contribution in [0.1, 0.15) is 19.5 Å². The Bertz CT molecular complexity index is 245. The quantitative estimate of drug-likeness (QED) is 0.660. The van der Waals surface area contributed by atoms with Crippen LogP contribution in [0.25, 0.3) is 0 Å². The zero-order valence-electron chi connectivity index (χ0n) is 7.06. The van der Waals surface area contributed by atoms with E-state index in [0.29, 0.717) is 6.20 Å². The first kappa shape index (κ1) is 12.2. The summed E-state index contributed by atoms with van der Waals surface area (Å²) in [5, 5.41) is -0.0574. The van der Waals surface area contributed by atoms with Crippen LogP contribution in [0.15, 0.2) is 12.4 Å². The van der Waals surface area contributed by atoms with E-state index in [4.69, 9.17) is 11.6 Å². The molecule has 0 aliphatic rings. The molecule has 0 spiro atoms. The van der Waals surface area contributed by atoms with Crippen LogP contribution in [-0.2, 0) is 6.18 Å². The van der Waals surface area contributed by atoms with Gasteiger partial charge in [0.2, 0.25) is 0 Å². The third kappa shape index (κ3) is 4.07. The number of hydrogen-bond acceptors (Lipinski definition) is 2. The van der Waals surface area contributed by atoms with Crippen molar-refractivity contribution in [2.24, 2.45) is 0 Å². The fourth-order valence-corrected chi connectivity index (χ4v) is 0.556. The number of aromatic nitrogens is 2. The molecule has 0 saturated heterocycles. The molecular formula is C7H8ClF3N2. The molecule has 0 aliphatic carbocycles. The fraction of sp³-hybridized carbons (Fsp3) is 0.429. The van der Waals surface area contributed by atoms with Crippen molar-refractivity contribution in [3.63, 3.8) is 0 Å². The highest BCUT2D eigenvalue weighted by Gasteiger charge is 2.32. The second kappa shape index (κ2) is 5.01. The van der Waals surface area contributed by atoms with Gasteiger partial charge < -0.3 is 0 Å². The van der Waals surface area contributed by atoms with Crippen molar-refractivity contribution in [3.05, 3.63) is 23.2 Å². The van der Waals surface area contributed by atoms with Gasteiger partial charge in [0.1, 0.15) is 5.15 Å². The zero-order chi connectivity index (χ0) is 10.5. The first-order chi connectivity index (χ1) is 6.00. The van der Waals surface area contributed by atoms with Crippen molar-refractivity contribution in [2.75, 3.05) is 0 Å². The minimum absolute atomic E-state index is 0.0574. The fourth-order valence-electron chi connectivity index (χ4n) is 0.459. The second-order valence-corrected chi connectivity index (χ2v) is 2.11. The van der Waals surface area contributed by atoms with Crippen LogP contribution >= 0.6 is 11.6 Å². The van der Waals surface area contributed by atoms with E-state index in [-0.39, 0.29) is 5.15 Å². The molecule has 0 aliphatic heterocycles. The first-order valence-electron chi connectivity index (χ1n) is 3.55. The number of rotatable bonds is 0. The summed E-state index contributed by atoms with van der Waals surface area (Å²) in [5.41, 5.74) is -1.04. The maximum atomic E-state index is 11.8. The lowest BCUT2D eigenvalue weighted by Crippen LogP contribution is -2.07. The molecule has 0 aromatic carbocycles. The molecule has 0 atom stereocenters. The summed E-state index contributed by atoms with van der Waals surface area (Å²) >= 11 is 5.22. The van der Waals surface area contributed by atoms with Crippen LogP contribution in [0.4, 0.5) is 13.2 Å². The zero-order valence-corrected chi connectivity index (χ0v) is 7.82. The van der Waals surface area contributed by atoms with Crippen molar-refractivity contribution < 1.29 is 13.2 Å². The number of hydrogen-bond donors (Lipinski definition) is 0. The molecule has 0 unspecified atom stereocenters. The SMILES string of the molecule is CC.FC(F)(F)c1cnc(Cl)cn1. The van der Waals surface area contributed by atoms with Crippen LogP contribution in [0, 0.1) is 0 Å². The van der Waals surface area contributed by atoms with E-state index < -0.39 is 11.9 Å². The van der Waals surface area contributed by atoms with E-state index in [0.717, 1.165) is 6.20 Å². The van der Waals surface area contributed by atoms with E-state index in [1.165, 1.54) is 0 Å². The number of alkyl halides is 3. The summed E-state index contributed by atoms with van der Waals surface area (Å²) in [6.45, 7) is 4.00. The van der Waals surface area contributed by atoms with Crippen molar-refractivity contribution in [1.82, 2.24) is 9.97 Å². The van der Waals surface area contributed by atoms with E-state index >= 15 is 0 Å². The molecule has 13 heavy (non-hydrogen) atoms. The van der Waals surface area contributed by atoms with Gasteiger partial charge >= 0.3 is 6.18 Å².